The number of imide groups is 1. The Morgan fingerprint density at radius 1 is 0.920 bits per heavy atom. The van der Waals surface area contributed by atoms with Crippen LogP contribution in [0.25, 0.3) is 0 Å². The van der Waals surface area contributed by atoms with Gasteiger partial charge in [-0.25, -0.2) is 9.59 Å². The first-order chi connectivity index (χ1) is 23.5. The zero-order chi connectivity index (χ0) is 37.2. The van der Waals surface area contributed by atoms with Crippen molar-refractivity contribution < 1.29 is 47.7 Å². The number of nitrogens with one attached hydrogen (secondary N) is 1. The van der Waals surface area contributed by atoms with Gasteiger partial charge in [-0.15, -0.1) is 0 Å². The molecule has 50 heavy (non-hydrogen) atoms. The van der Waals surface area contributed by atoms with E-state index in [0.29, 0.717) is 11.1 Å². The van der Waals surface area contributed by atoms with Gasteiger partial charge in [-0.2, -0.15) is 0 Å². The molecule has 2 aromatic carbocycles. The molecule has 1 N–H and O–H groups in total. The molecule has 16 nitrogen and oxygen atoms in total. The van der Waals surface area contributed by atoms with E-state index in [-0.39, 0.29) is 60.9 Å². The lowest BCUT2D eigenvalue weighted by Crippen LogP contribution is -2.68. The number of ether oxygens (including phenoxy) is 2. The minimum absolute atomic E-state index is 0.0532. The Bertz CT molecular complexity index is 1580. The van der Waals surface area contributed by atoms with E-state index in [4.69, 9.17) is 13.9 Å². The predicted octanol–water partition coefficient (Wildman–Crippen LogP) is 4.14. The normalized spacial score (nSPS) is 16.3. The molecule has 1 saturated heterocycles. The van der Waals surface area contributed by atoms with E-state index >= 15 is 0 Å². The van der Waals surface area contributed by atoms with Crippen LogP contribution in [0, 0.1) is 37.5 Å². The molecule has 18 heteroatoms. The van der Waals surface area contributed by atoms with Gasteiger partial charge in [-0.1, -0.05) is 32.5 Å². The molecule has 1 aliphatic heterocycles. The quantitative estimate of drug-likeness (QED) is 0.0519. The van der Waals surface area contributed by atoms with Crippen molar-refractivity contribution >= 4 is 61.2 Å². The average Bonchev–Trinajstić information content (AvgIpc) is 3.05. The second kappa shape index (κ2) is 17.8. The molecule has 1 fully saturated rings. The van der Waals surface area contributed by atoms with E-state index in [1.54, 1.807) is 0 Å². The maximum atomic E-state index is 13.5. The number of carbonyl (C=O) groups is 5. The number of alkyl carbamates (subject to hydrolysis) is 1. The summed E-state index contributed by atoms with van der Waals surface area (Å²) in [6.07, 6.45) is -1.01. The number of thioether (sulfide) groups is 1. The monoisotopic (exact) mass is 732 g/mol. The van der Waals surface area contributed by atoms with Crippen molar-refractivity contribution in [2.75, 3.05) is 18.9 Å². The van der Waals surface area contributed by atoms with Crippen LogP contribution in [-0.4, -0.2) is 77.7 Å². The molecule has 1 heterocycles. The molecule has 3 atom stereocenters. The number of amides is 3. The van der Waals surface area contributed by atoms with Gasteiger partial charge in [-0.05, 0) is 59.8 Å². The van der Waals surface area contributed by atoms with E-state index < -0.39 is 60.1 Å². The van der Waals surface area contributed by atoms with Crippen LogP contribution in [-0.2, 0) is 46.3 Å². The Hall–Kier alpha value is -4.68. The maximum Gasteiger partial charge on any atom is 0.407 e. The molecule has 0 aliphatic carbocycles. The molecule has 0 unspecified atom stereocenters. The molecule has 0 bridgehead atoms. The smallest absolute Gasteiger partial charge is 0.407 e. The van der Waals surface area contributed by atoms with Gasteiger partial charge >= 0.3 is 18.0 Å². The number of rotatable bonds is 15. The summed E-state index contributed by atoms with van der Waals surface area (Å²) in [5.74, 6) is -4.16. The number of hydrogen-bond donors (Lipinski definition) is 1. The maximum absolute atomic E-state index is 13.5. The molecule has 2 aromatic rings. The van der Waals surface area contributed by atoms with Crippen LogP contribution in [0.5, 0.6) is 0 Å². The standard InChI is InChI=1S/C32H40N4O12SSi/c1-32(2,3)24(19-48-50(4)5)27-25(34(28(27)38)29(39)30(40)46-17-20-6-10-22(11-7-20)35(42)43)16-26(37)49-15-14-33-31(41)47-18-21-8-12-23(13-9-21)36(44)45/h6-13,24-25,27,50H,14-19H2,1-5H3,(H,33,41)/t24-,25-,27+/m1/s1. The van der Waals surface area contributed by atoms with Gasteiger partial charge in [0.25, 0.3) is 11.4 Å². The summed E-state index contributed by atoms with van der Waals surface area (Å²) >= 11 is 0.878. The first kappa shape index (κ1) is 39.8. The van der Waals surface area contributed by atoms with Crippen LogP contribution >= 0.6 is 11.8 Å². The lowest BCUT2D eigenvalue weighted by molar-refractivity contribution is -0.385. The van der Waals surface area contributed by atoms with Gasteiger partial charge in [0.1, 0.15) is 13.2 Å². The average molecular weight is 733 g/mol. The van der Waals surface area contributed by atoms with Crippen molar-refractivity contribution in [3.8, 4) is 0 Å². The molecular weight excluding hydrogens is 693 g/mol. The third kappa shape index (κ3) is 11.2. The molecular formula is C32H40N4O12SSi. The zero-order valence-corrected chi connectivity index (χ0v) is 30.3. The largest absolute Gasteiger partial charge is 0.454 e. The Balaban J connectivity index is 1.61. The second-order valence-electron chi connectivity index (χ2n) is 12.8. The Morgan fingerprint density at radius 3 is 1.92 bits per heavy atom. The summed E-state index contributed by atoms with van der Waals surface area (Å²) in [6, 6.07) is 9.77. The van der Waals surface area contributed by atoms with Crippen LogP contribution < -0.4 is 5.32 Å². The number of hydrogen-bond acceptors (Lipinski definition) is 13. The fourth-order valence-electron chi connectivity index (χ4n) is 5.15. The highest BCUT2D eigenvalue weighted by molar-refractivity contribution is 8.13. The SMILES string of the molecule is C[SiH](C)OC[C@H]([C@@H]1C(=O)N(C(=O)C(=O)OCc2ccc([N+](=O)[O-])cc2)[C@@H]1CC(=O)SCCNC(=O)OCc1ccc([N+](=O)[O-])cc1)C(C)(C)C. The number of non-ortho nitro benzene ring substituents is 2. The molecule has 3 rings (SSSR count). The summed E-state index contributed by atoms with van der Waals surface area (Å²) in [4.78, 5) is 86.1. The fourth-order valence-corrected chi connectivity index (χ4v) is 6.46. The van der Waals surface area contributed by atoms with Gasteiger partial charge in [-0.3, -0.25) is 39.5 Å². The highest BCUT2D eigenvalue weighted by Gasteiger charge is 2.57. The van der Waals surface area contributed by atoms with Crippen molar-refractivity contribution in [2.24, 2.45) is 17.3 Å². The Labute approximate surface area is 294 Å². The first-order valence-corrected chi connectivity index (χ1v) is 19.4. The summed E-state index contributed by atoms with van der Waals surface area (Å²) in [7, 11) is -1.50. The number of nitro benzene ring substituents is 2. The zero-order valence-electron chi connectivity index (χ0n) is 28.3. The van der Waals surface area contributed by atoms with Gasteiger partial charge in [0.2, 0.25) is 5.91 Å². The summed E-state index contributed by atoms with van der Waals surface area (Å²) in [5.41, 5.74) is 0.224. The van der Waals surface area contributed by atoms with Crippen molar-refractivity contribution in [1.29, 1.82) is 0 Å². The van der Waals surface area contributed by atoms with E-state index in [2.05, 4.69) is 5.32 Å². The lowest BCUT2D eigenvalue weighted by atomic mass is 9.66. The molecule has 0 spiro atoms. The number of β-lactam (4-membered cyclic amide) rings is 1. The number of carbonyl (C=O) groups excluding carboxylic acids is 5. The summed E-state index contributed by atoms with van der Waals surface area (Å²) < 4.78 is 16.2. The van der Waals surface area contributed by atoms with Crippen LogP contribution in [0.15, 0.2) is 48.5 Å². The topological polar surface area (TPSA) is 215 Å². The summed E-state index contributed by atoms with van der Waals surface area (Å²) in [5, 5.41) is 23.8. The number of likely N-dealkylation sites (tertiary alicyclic amines) is 1. The van der Waals surface area contributed by atoms with Gasteiger partial charge < -0.3 is 19.2 Å². The molecule has 270 valence electrons. The third-order valence-corrected chi connectivity index (χ3v) is 9.62. The minimum Gasteiger partial charge on any atom is -0.454 e. The van der Waals surface area contributed by atoms with E-state index in [1.807, 2.05) is 33.9 Å². The lowest BCUT2D eigenvalue weighted by Gasteiger charge is -2.51. The van der Waals surface area contributed by atoms with Gasteiger partial charge in [0.05, 0.1) is 21.8 Å². The molecule has 0 saturated carbocycles. The van der Waals surface area contributed by atoms with Gasteiger partial charge in [0, 0.05) is 49.6 Å². The number of nitrogens with zero attached hydrogens (tertiary/aromatic N) is 3. The molecule has 3 amide bonds. The minimum atomic E-state index is -1.50. The van der Waals surface area contributed by atoms with E-state index in [1.165, 1.54) is 48.5 Å². The molecule has 1 aliphatic rings. The molecule has 0 radical (unpaired) electrons. The Kier molecular flexibility index (Phi) is 14.2. The third-order valence-electron chi connectivity index (χ3n) is 7.86. The van der Waals surface area contributed by atoms with E-state index in [9.17, 15) is 44.2 Å². The van der Waals surface area contributed by atoms with Crippen LogP contribution in [0.1, 0.15) is 38.3 Å². The van der Waals surface area contributed by atoms with Crippen molar-refractivity contribution in [2.45, 2.75) is 59.5 Å². The van der Waals surface area contributed by atoms with Crippen molar-refractivity contribution in [3.05, 3.63) is 79.9 Å². The van der Waals surface area contributed by atoms with Crippen LogP contribution in [0.3, 0.4) is 0 Å². The van der Waals surface area contributed by atoms with E-state index in [0.717, 1.165) is 16.7 Å². The van der Waals surface area contributed by atoms with Crippen molar-refractivity contribution in [1.82, 2.24) is 10.2 Å². The van der Waals surface area contributed by atoms with Crippen molar-refractivity contribution in [3.63, 3.8) is 0 Å². The fraction of sp³-hybridized carbons (Fsp3) is 0.469. The Morgan fingerprint density at radius 2 is 1.44 bits per heavy atom. The number of esters is 1. The number of benzene rings is 2. The molecule has 0 aromatic heterocycles. The predicted molar refractivity (Wildman–Crippen MR) is 183 cm³/mol. The number of nitro groups is 2. The second-order valence-corrected chi connectivity index (χ2v) is 16.4. The van der Waals surface area contributed by atoms with Crippen LogP contribution in [0.4, 0.5) is 16.2 Å². The highest BCUT2D eigenvalue weighted by atomic mass is 32.2. The summed E-state index contributed by atoms with van der Waals surface area (Å²) in [6.45, 7) is 9.56. The first-order valence-electron chi connectivity index (χ1n) is 15.7. The van der Waals surface area contributed by atoms with Gasteiger partial charge in [0.15, 0.2) is 14.2 Å². The highest BCUT2D eigenvalue weighted by Crippen LogP contribution is 2.44. The van der Waals surface area contributed by atoms with Crippen LogP contribution in [0.2, 0.25) is 13.1 Å².